The molecule has 1 aliphatic rings. The monoisotopic (exact) mass is 508 g/mol. The first-order valence-corrected chi connectivity index (χ1v) is 10.3. The van der Waals surface area contributed by atoms with Crippen LogP contribution in [-0.2, 0) is 14.6 Å². The van der Waals surface area contributed by atoms with E-state index in [1.807, 2.05) is 30.3 Å². The zero-order valence-electron chi connectivity index (χ0n) is 16.2. The fraction of sp³-hybridized carbons (Fsp3) is 0.556. The van der Waals surface area contributed by atoms with E-state index >= 15 is 0 Å². The van der Waals surface area contributed by atoms with Crippen LogP contribution in [0.1, 0.15) is 27.2 Å². The molecule has 152 valence electrons. The summed E-state index contributed by atoms with van der Waals surface area (Å²) >= 11 is 0. The number of carbonyl (C=O) groups is 1. The molecule has 0 saturated carbocycles. The largest absolute Gasteiger partial charge is 0.355 e. The molecule has 2 rings (SSSR count). The number of nitrogens with one attached hydrogen (secondary N) is 2. The molecule has 0 aliphatic carbocycles. The average molecular weight is 508 g/mol. The zero-order chi connectivity index (χ0) is 19.4. The van der Waals surface area contributed by atoms with Crippen LogP contribution in [0, 0.1) is 0 Å². The topological polar surface area (TPSA) is 90.9 Å². The summed E-state index contributed by atoms with van der Waals surface area (Å²) in [6.45, 7) is 5.89. The normalized spacial score (nSPS) is 18.2. The Morgan fingerprint density at radius 3 is 2.44 bits per heavy atom. The van der Waals surface area contributed by atoms with Crippen molar-refractivity contribution in [3.63, 3.8) is 0 Å². The predicted molar refractivity (Wildman–Crippen MR) is 121 cm³/mol. The highest BCUT2D eigenvalue weighted by molar-refractivity contribution is 14.0. The van der Waals surface area contributed by atoms with Crippen molar-refractivity contribution in [1.82, 2.24) is 10.6 Å². The van der Waals surface area contributed by atoms with Crippen LogP contribution in [0.3, 0.4) is 0 Å². The van der Waals surface area contributed by atoms with Crippen LogP contribution >= 0.6 is 24.0 Å². The van der Waals surface area contributed by atoms with Gasteiger partial charge in [0.1, 0.15) is 0 Å². The van der Waals surface area contributed by atoms with E-state index in [0.29, 0.717) is 18.9 Å². The Balaban J connectivity index is 0.00000364. The van der Waals surface area contributed by atoms with Crippen molar-refractivity contribution in [2.75, 3.05) is 30.8 Å². The van der Waals surface area contributed by atoms with Gasteiger partial charge in [-0.3, -0.25) is 9.79 Å². The molecule has 2 N–H and O–H groups in total. The van der Waals surface area contributed by atoms with Gasteiger partial charge in [-0.05, 0) is 32.9 Å². The van der Waals surface area contributed by atoms with E-state index in [-0.39, 0.29) is 48.2 Å². The van der Waals surface area contributed by atoms with Gasteiger partial charge in [-0.15, -0.1) is 24.0 Å². The number of hydrogen-bond acceptors (Lipinski definition) is 4. The lowest BCUT2D eigenvalue weighted by molar-refractivity contribution is -0.117. The molecule has 0 spiro atoms. The third kappa shape index (κ3) is 6.34. The molecule has 7 nitrogen and oxygen atoms in total. The van der Waals surface area contributed by atoms with Crippen molar-refractivity contribution in [1.29, 1.82) is 0 Å². The van der Waals surface area contributed by atoms with Gasteiger partial charge in [-0.1, -0.05) is 18.2 Å². The number of halogens is 1. The van der Waals surface area contributed by atoms with E-state index in [1.165, 1.54) is 0 Å². The van der Waals surface area contributed by atoms with Crippen LogP contribution < -0.4 is 15.5 Å². The molecule has 1 aromatic carbocycles. The van der Waals surface area contributed by atoms with Crippen molar-refractivity contribution in [3.8, 4) is 0 Å². The Bertz CT molecular complexity index is 761. The highest BCUT2D eigenvalue weighted by Crippen LogP contribution is 2.21. The molecule has 0 radical (unpaired) electrons. The summed E-state index contributed by atoms with van der Waals surface area (Å²) in [5.74, 6) is 0.581. The van der Waals surface area contributed by atoms with Gasteiger partial charge in [0, 0.05) is 32.2 Å². The van der Waals surface area contributed by atoms with E-state index < -0.39 is 14.6 Å². The molecule has 1 heterocycles. The second-order valence-electron chi connectivity index (χ2n) is 7.32. The first-order valence-electron chi connectivity index (χ1n) is 8.69. The molecule has 1 atom stereocenters. The van der Waals surface area contributed by atoms with E-state index in [9.17, 15) is 13.2 Å². The van der Waals surface area contributed by atoms with Gasteiger partial charge in [0.15, 0.2) is 15.8 Å². The van der Waals surface area contributed by atoms with Gasteiger partial charge in [0.25, 0.3) is 0 Å². The maximum atomic E-state index is 12.3. The van der Waals surface area contributed by atoms with Crippen molar-refractivity contribution in [2.24, 2.45) is 4.99 Å². The van der Waals surface area contributed by atoms with E-state index in [1.54, 1.807) is 32.7 Å². The zero-order valence-corrected chi connectivity index (χ0v) is 19.4. The molecule has 1 aliphatic heterocycles. The number of carbonyl (C=O) groups excluding carboxylic acids is 1. The number of guanidine groups is 1. The summed E-state index contributed by atoms with van der Waals surface area (Å²) in [5.41, 5.74) is 0.876. The van der Waals surface area contributed by atoms with E-state index in [2.05, 4.69) is 15.6 Å². The van der Waals surface area contributed by atoms with Gasteiger partial charge in [-0.25, -0.2) is 8.42 Å². The Hall–Kier alpha value is -1.36. The first-order chi connectivity index (χ1) is 12.1. The molecule has 1 amide bonds. The number of hydrogen-bond donors (Lipinski definition) is 2. The molecule has 1 unspecified atom stereocenters. The summed E-state index contributed by atoms with van der Waals surface area (Å²) in [5, 5.41) is 6.23. The number of anilines is 1. The number of sulfone groups is 1. The standard InChI is InChI=1S/C18H28N4O3S.HI/c1-18(2,3)26(24,25)11-10-20-17(19-4)21-14-12-16(23)22(13-14)15-8-6-5-7-9-15;/h5-9,14H,10-13H2,1-4H3,(H2,19,20,21);1H. The van der Waals surface area contributed by atoms with Crippen LogP contribution in [0.15, 0.2) is 35.3 Å². The molecule has 0 aromatic heterocycles. The van der Waals surface area contributed by atoms with Crippen LogP contribution in [-0.4, -0.2) is 57.0 Å². The summed E-state index contributed by atoms with van der Waals surface area (Å²) in [7, 11) is -1.57. The molecule has 0 bridgehead atoms. The van der Waals surface area contributed by atoms with E-state index in [4.69, 9.17) is 0 Å². The summed E-state index contributed by atoms with van der Waals surface area (Å²) in [6.07, 6.45) is 0.371. The van der Waals surface area contributed by atoms with Crippen molar-refractivity contribution < 1.29 is 13.2 Å². The minimum Gasteiger partial charge on any atom is -0.355 e. The maximum absolute atomic E-state index is 12.3. The number of nitrogens with zero attached hydrogens (tertiary/aromatic N) is 2. The lowest BCUT2D eigenvalue weighted by Gasteiger charge is -2.21. The van der Waals surface area contributed by atoms with Gasteiger partial charge in [-0.2, -0.15) is 0 Å². The highest BCUT2D eigenvalue weighted by Gasteiger charge is 2.31. The quantitative estimate of drug-likeness (QED) is 0.360. The minimum absolute atomic E-state index is 0. The van der Waals surface area contributed by atoms with Crippen LogP contribution in [0.2, 0.25) is 0 Å². The Kier molecular flexibility index (Phi) is 8.52. The van der Waals surface area contributed by atoms with Crippen molar-refractivity contribution in [3.05, 3.63) is 30.3 Å². The SMILES string of the molecule is CN=C(NCCS(=O)(=O)C(C)(C)C)NC1CC(=O)N(c2ccccc2)C1.I. The number of rotatable bonds is 5. The van der Waals surface area contributed by atoms with Crippen LogP contribution in [0.5, 0.6) is 0 Å². The molecule has 9 heteroatoms. The lowest BCUT2D eigenvalue weighted by atomic mass is 10.2. The summed E-state index contributed by atoms with van der Waals surface area (Å²) in [4.78, 5) is 18.1. The molecule has 1 saturated heterocycles. The molecule has 27 heavy (non-hydrogen) atoms. The smallest absolute Gasteiger partial charge is 0.229 e. The Labute approximate surface area is 178 Å². The van der Waals surface area contributed by atoms with Gasteiger partial charge < -0.3 is 15.5 Å². The van der Waals surface area contributed by atoms with Crippen LogP contribution in [0.25, 0.3) is 0 Å². The molecule has 1 aromatic rings. The highest BCUT2D eigenvalue weighted by atomic mass is 127. The third-order valence-electron chi connectivity index (χ3n) is 4.35. The van der Waals surface area contributed by atoms with Crippen molar-refractivity contribution >= 4 is 51.4 Å². The van der Waals surface area contributed by atoms with Gasteiger partial charge in [0.2, 0.25) is 5.91 Å². The fourth-order valence-corrected chi connectivity index (χ4v) is 3.64. The Morgan fingerprint density at radius 2 is 1.89 bits per heavy atom. The fourth-order valence-electron chi connectivity index (χ4n) is 2.66. The molecular weight excluding hydrogens is 479 g/mol. The molecule has 1 fully saturated rings. The predicted octanol–water partition coefficient (Wildman–Crippen LogP) is 1.79. The number of amides is 1. The second kappa shape index (κ2) is 9.72. The van der Waals surface area contributed by atoms with Crippen LogP contribution in [0.4, 0.5) is 5.69 Å². The number of aliphatic imine (C=N–C) groups is 1. The third-order valence-corrected chi connectivity index (χ3v) is 6.96. The average Bonchev–Trinajstić information content (AvgIpc) is 2.94. The van der Waals surface area contributed by atoms with Gasteiger partial charge in [0.05, 0.1) is 16.5 Å². The van der Waals surface area contributed by atoms with Gasteiger partial charge >= 0.3 is 0 Å². The second-order valence-corrected chi connectivity index (χ2v) is 10.2. The number of para-hydroxylation sites is 1. The summed E-state index contributed by atoms with van der Waals surface area (Å²) in [6, 6.07) is 9.46. The maximum Gasteiger partial charge on any atom is 0.229 e. The van der Waals surface area contributed by atoms with E-state index in [0.717, 1.165) is 5.69 Å². The number of benzene rings is 1. The lowest BCUT2D eigenvalue weighted by Crippen LogP contribution is -2.46. The molecular formula is C18H29IN4O3S. The Morgan fingerprint density at radius 1 is 1.26 bits per heavy atom. The minimum atomic E-state index is -3.19. The van der Waals surface area contributed by atoms with Crippen molar-refractivity contribution in [2.45, 2.75) is 38.0 Å². The first kappa shape index (κ1) is 23.7. The summed E-state index contributed by atoms with van der Waals surface area (Å²) < 4.78 is 23.5.